The third kappa shape index (κ3) is 4.15. The van der Waals surface area contributed by atoms with Crippen molar-refractivity contribution >= 4 is 6.29 Å². The first-order chi connectivity index (χ1) is 4.35. The number of hydrogen-bond donors (Lipinski definition) is 1. The largest absolute Gasteiger partial charge is 0.330 e. The molecule has 0 aliphatic rings. The zero-order valence-corrected chi connectivity index (χ0v) is 5.97. The lowest BCUT2D eigenvalue weighted by atomic mass is 10.0. The number of nitrogens with two attached hydrogens (primary N) is 1. The highest BCUT2D eigenvalue weighted by atomic mass is 16.1. The molecular weight excluding hydrogens is 114 g/mol. The van der Waals surface area contributed by atoms with Crippen LogP contribution in [0.2, 0.25) is 0 Å². The van der Waals surface area contributed by atoms with Crippen molar-refractivity contribution in [1.29, 1.82) is 0 Å². The molecule has 0 spiro atoms. The van der Waals surface area contributed by atoms with Gasteiger partial charge in [0.05, 0.1) is 0 Å². The molecule has 0 aromatic rings. The van der Waals surface area contributed by atoms with E-state index in [0.29, 0.717) is 6.54 Å². The minimum absolute atomic E-state index is 0.208. The molecule has 0 aliphatic heterocycles. The molecule has 0 aromatic heterocycles. The summed E-state index contributed by atoms with van der Waals surface area (Å²) in [6, 6.07) is 0. The van der Waals surface area contributed by atoms with Gasteiger partial charge in [0.2, 0.25) is 0 Å². The van der Waals surface area contributed by atoms with Crippen molar-refractivity contribution in [3.05, 3.63) is 0 Å². The lowest BCUT2D eigenvalue weighted by molar-refractivity contribution is -0.111. The first-order valence-corrected chi connectivity index (χ1v) is 3.50. The van der Waals surface area contributed by atoms with E-state index in [1.807, 2.05) is 0 Å². The molecule has 0 bridgehead atoms. The van der Waals surface area contributed by atoms with E-state index in [-0.39, 0.29) is 5.92 Å². The van der Waals surface area contributed by atoms with Crippen molar-refractivity contribution in [3.8, 4) is 0 Å². The van der Waals surface area contributed by atoms with Crippen molar-refractivity contribution in [2.45, 2.75) is 26.2 Å². The van der Waals surface area contributed by atoms with Gasteiger partial charge in [0.15, 0.2) is 0 Å². The molecule has 2 heteroatoms. The van der Waals surface area contributed by atoms with Crippen molar-refractivity contribution < 1.29 is 4.79 Å². The van der Waals surface area contributed by atoms with Crippen LogP contribution in [0.5, 0.6) is 0 Å². The summed E-state index contributed by atoms with van der Waals surface area (Å²) in [4.78, 5) is 10.2. The summed E-state index contributed by atoms with van der Waals surface area (Å²) in [5.41, 5.74) is 5.28. The Morgan fingerprint density at radius 2 is 2.22 bits per heavy atom. The number of aldehydes is 1. The maximum atomic E-state index is 10.2. The summed E-state index contributed by atoms with van der Waals surface area (Å²) in [5, 5.41) is 0. The van der Waals surface area contributed by atoms with Gasteiger partial charge in [-0.25, -0.2) is 0 Å². The molecular formula is C7H15NO. The van der Waals surface area contributed by atoms with Crippen LogP contribution in [0.4, 0.5) is 0 Å². The van der Waals surface area contributed by atoms with E-state index in [9.17, 15) is 4.79 Å². The highest BCUT2D eigenvalue weighted by Crippen LogP contribution is 2.05. The van der Waals surface area contributed by atoms with Gasteiger partial charge in [-0.05, 0) is 19.4 Å². The van der Waals surface area contributed by atoms with Gasteiger partial charge >= 0.3 is 0 Å². The maximum absolute atomic E-state index is 10.2. The SMILES string of the molecule is CCCC(C=O)CCN. The fourth-order valence-corrected chi connectivity index (χ4v) is 0.865. The van der Waals surface area contributed by atoms with E-state index in [4.69, 9.17) is 5.73 Å². The molecule has 0 fully saturated rings. The number of carbonyl (C=O) groups excluding carboxylic acids is 1. The maximum Gasteiger partial charge on any atom is 0.123 e. The lowest BCUT2D eigenvalue weighted by Gasteiger charge is -2.04. The highest BCUT2D eigenvalue weighted by molar-refractivity contribution is 5.53. The van der Waals surface area contributed by atoms with E-state index < -0.39 is 0 Å². The second-order valence-corrected chi connectivity index (χ2v) is 2.26. The second-order valence-electron chi connectivity index (χ2n) is 2.26. The monoisotopic (exact) mass is 129 g/mol. The van der Waals surface area contributed by atoms with Crippen LogP contribution in [0.15, 0.2) is 0 Å². The van der Waals surface area contributed by atoms with Gasteiger partial charge in [-0.3, -0.25) is 0 Å². The van der Waals surface area contributed by atoms with Crippen LogP contribution in [0.25, 0.3) is 0 Å². The lowest BCUT2D eigenvalue weighted by Crippen LogP contribution is -2.09. The van der Waals surface area contributed by atoms with Gasteiger partial charge in [-0.2, -0.15) is 0 Å². The second kappa shape index (κ2) is 5.76. The first kappa shape index (κ1) is 8.63. The molecule has 0 saturated heterocycles. The summed E-state index contributed by atoms with van der Waals surface area (Å²) in [7, 11) is 0. The fraction of sp³-hybridized carbons (Fsp3) is 0.857. The predicted octanol–water partition coefficient (Wildman–Crippen LogP) is 0.950. The summed E-state index contributed by atoms with van der Waals surface area (Å²) >= 11 is 0. The molecule has 0 radical (unpaired) electrons. The van der Waals surface area contributed by atoms with E-state index in [1.165, 1.54) is 0 Å². The first-order valence-electron chi connectivity index (χ1n) is 3.50. The van der Waals surface area contributed by atoms with Gasteiger partial charge < -0.3 is 10.5 Å². The number of hydrogen-bond acceptors (Lipinski definition) is 2. The number of rotatable bonds is 5. The summed E-state index contributed by atoms with van der Waals surface area (Å²) in [6.45, 7) is 2.70. The van der Waals surface area contributed by atoms with Crippen LogP contribution in [0.3, 0.4) is 0 Å². The van der Waals surface area contributed by atoms with Crippen LogP contribution >= 0.6 is 0 Å². The molecule has 0 aromatic carbocycles. The Morgan fingerprint density at radius 3 is 2.56 bits per heavy atom. The minimum Gasteiger partial charge on any atom is -0.330 e. The van der Waals surface area contributed by atoms with Crippen molar-refractivity contribution in [2.75, 3.05) is 6.54 Å². The molecule has 0 amide bonds. The zero-order chi connectivity index (χ0) is 7.11. The third-order valence-corrected chi connectivity index (χ3v) is 1.39. The Hall–Kier alpha value is -0.370. The topological polar surface area (TPSA) is 43.1 Å². The fourth-order valence-electron chi connectivity index (χ4n) is 0.865. The minimum atomic E-state index is 0.208. The Balaban J connectivity index is 3.29. The van der Waals surface area contributed by atoms with Gasteiger partial charge in [-0.1, -0.05) is 13.3 Å². The van der Waals surface area contributed by atoms with Crippen molar-refractivity contribution in [1.82, 2.24) is 0 Å². The molecule has 54 valence electrons. The van der Waals surface area contributed by atoms with E-state index >= 15 is 0 Å². The van der Waals surface area contributed by atoms with Crippen molar-refractivity contribution in [3.63, 3.8) is 0 Å². The number of carbonyl (C=O) groups is 1. The van der Waals surface area contributed by atoms with Crippen LogP contribution in [-0.4, -0.2) is 12.8 Å². The van der Waals surface area contributed by atoms with Gasteiger partial charge in [0.1, 0.15) is 6.29 Å². The standard InChI is InChI=1S/C7H15NO/c1-2-3-7(6-9)4-5-8/h6-7H,2-5,8H2,1H3. The Labute approximate surface area is 56.4 Å². The van der Waals surface area contributed by atoms with E-state index in [1.54, 1.807) is 0 Å². The molecule has 2 N–H and O–H groups in total. The summed E-state index contributed by atoms with van der Waals surface area (Å²) < 4.78 is 0. The highest BCUT2D eigenvalue weighted by Gasteiger charge is 2.02. The molecule has 1 atom stereocenters. The Kier molecular flexibility index (Phi) is 5.52. The van der Waals surface area contributed by atoms with Crippen LogP contribution in [0, 0.1) is 5.92 Å². The van der Waals surface area contributed by atoms with Crippen LogP contribution in [-0.2, 0) is 4.79 Å². The average Bonchev–Trinajstić information content (AvgIpc) is 1.88. The van der Waals surface area contributed by atoms with Crippen LogP contribution < -0.4 is 5.73 Å². The molecule has 9 heavy (non-hydrogen) atoms. The summed E-state index contributed by atoms with van der Waals surface area (Å²) in [6.07, 6.45) is 3.91. The average molecular weight is 129 g/mol. The predicted molar refractivity (Wildman–Crippen MR) is 38.1 cm³/mol. The van der Waals surface area contributed by atoms with Crippen molar-refractivity contribution in [2.24, 2.45) is 11.7 Å². The molecule has 0 rings (SSSR count). The zero-order valence-electron chi connectivity index (χ0n) is 5.97. The van der Waals surface area contributed by atoms with E-state index in [0.717, 1.165) is 25.5 Å². The molecule has 0 heterocycles. The Morgan fingerprint density at radius 1 is 1.56 bits per heavy atom. The molecule has 0 saturated carbocycles. The quantitative estimate of drug-likeness (QED) is 0.561. The van der Waals surface area contributed by atoms with Crippen LogP contribution in [0.1, 0.15) is 26.2 Å². The Bertz CT molecular complexity index is 67.3. The smallest absolute Gasteiger partial charge is 0.123 e. The molecule has 0 aliphatic carbocycles. The summed E-state index contributed by atoms with van der Waals surface area (Å²) in [5.74, 6) is 0.208. The normalized spacial score (nSPS) is 13.1. The van der Waals surface area contributed by atoms with Gasteiger partial charge in [0, 0.05) is 5.92 Å². The molecule has 1 unspecified atom stereocenters. The third-order valence-electron chi connectivity index (χ3n) is 1.39. The van der Waals surface area contributed by atoms with Gasteiger partial charge in [0.25, 0.3) is 0 Å². The molecule has 2 nitrogen and oxygen atoms in total. The van der Waals surface area contributed by atoms with E-state index in [2.05, 4.69) is 6.92 Å². The van der Waals surface area contributed by atoms with Gasteiger partial charge in [-0.15, -0.1) is 0 Å².